The number of likely N-dealkylation sites (tertiary alicyclic amines) is 1. The fourth-order valence-electron chi connectivity index (χ4n) is 11.8. The van der Waals surface area contributed by atoms with E-state index in [1.165, 1.54) is 6.07 Å². The molecule has 5 aromatic rings. The van der Waals surface area contributed by atoms with Crippen LogP contribution in [0.4, 0.5) is 46.8 Å². The molecule has 1 atom stereocenters. The van der Waals surface area contributed by atoms with Crippen molar-refractivity contribution in [2.75, 3.05) is 99.1 Å². The lowest BCUT2D eigenvalue weighted by atomic mass is 9.92. The zero-order valence-corrected chi connectivity index (χ0v) is 42.5. The molecule has 0 spiro atoms. The Hall–Kier alpha value is -6.37. The molecule has 3 saturated heterocycles. The zero-order chi connectivity index (χ0) is 50.4. The number of piperidine rings is 2. The van der Waals surface area contributed by atoms with E-state index in [9.17, 15) is 22.8 Å². The molecule has 0 unspecified atom stereocenters. The molecule has 3 amide bonds. The monoisotopic (exact) mass is 1000 g/mol. The molecular formula is C54H71F3N14O2. The molecule has 0 aliphatic carbocycles. The van der Waals surface area contributed by atoms with Crippen LogP contribution in [0.5, 0.6) is 0 Å². The topological polar surface area (TPSA) is 139 Å². The number of halogens is 3. The number of hydrogen-bond acceptors (Lipinski definition) is 11. The van der Waals surface area contributed by atoms with Gasteiger partial charge in [0, 0.05) is 144 Å². The molecule has 19 heteroatoms. The summed E-state index contributed by atoms with van der Waals surface area (Å²) in [5.74, 6) is 2.52. The maximum absolute atomic E-state index is 14.8. The van der Waals surface area contributed by atoms with E-state index in [2.05, 4.69) is 56.0 Å². The number of rotatable bonds is 16. The van der Waals surface area contributed by atoms with Crippen LogP contribution in [0.15, 0.2) is 61.2 Å². The van der Waals surface area contributed by atoms with E-state index in [4.69, 9.17) is 5.10 Å². The van der Waals surface area contributed by atoms with E-state index in [0.717, 1.165) is 162 Å². The van der Waals surface area contributed by atoms with Crippen molar-refractivity contribution in [1.29, 1.82) is 0 Å². The van der Waals surface area contributed by atoms with Crippen LogP contribution in [0.3, 0.4) is 0 Å². The Morgan fingerprint density at radius 2 is 1.66 bits per heavy atom. The number of amides is 3. The van der Waals surface area contributed by atoms with E-state index in [1.807, 2.05) is 17.0 Å². The number of aryl methyl sites for hydroxylation is 2. The number of piperazine rings is 1. The maximum atomic E-state index is 14.8. The van der Waals surface area contributed by atoms with Crippen LogP contribution >= 0.6 is 0 Å². The molecule has 0 radical (unpaired) electrons. The van der Waals surface area contributed by atoms with E-state index < -0.39 is 6.43 Å². The van der Waals surface area contributed by atoms with Crippen LogP contribution in [-0.2, 0) is 31.2 Å². The van der Waals surface area contributed by atoms with E-state index in [-0.39, 0.29) is 35.4 Å². The summed E-state index contributed by atoms with van der Waals surface area (Å²) >= 11 is 0. The lowest BCUT2D eigenvalue weighted by molar-refractivity contribution is -0.132. The minimum absolute atomic E-state index is 0.0326. The van der Waals surface area contributed by atoms with Gasteiger partial charge in [-0.15, -0.1) is 0 Å². The lowest BCUT2D eigenvalue weighted by Gasteiger charge is -2.36. The van der Waals surface area contributed by atoms with Crippen LogP contribution in [0.2, 0.25) is 0 Å². The molecular weight excluding hydrogens is 934 g/mol. The molecule has 2 aromatic carbocycles. The van der Waals surface area contributed by atoms with Gasteiger partial charge in [-0.3, -0.25) is 19.1 Å². The van der Waals surface area contributed by atoms with Crippen molar-refractivity contribution in [1.82, 2.24) is 49.5 Å². The number of hydrogen-bond donors (Lipinski definition) is 2. The predicted octanol–water partition coefficient (Wildman–Crippen LogP) is 8.34. The van der Waals surface area contributed by atoms with Gasteiger partial charge in [-0.25, -0.2) is 27.9 Å². The molecule has 16 nitrogen and oxygen atoms in total. The van der Waals surface area contributed by atoms with Gasteiger partial charge in [0.15, 0.2) is 5.82 Å². The predicted molar refractivity (Wildman–Crippen MR) is 278 cm³/mol. The summed E-state index contributed by atoms with van der Waals surface area (Å²) < 4.78 is 47.2. The van der Waals surface area contributed by atoms with Crippen molar-refractivity contribution in [2.45, 2.75) is 109 Å². The quantitative estimate of drug-likeness (QED) is 0.0923. The number of nitrogens with zero attached hydrogens (tertiary/aromatic N) is 12. The first-order valence-corrected chi connectivity index (χ1v) is 26.7. The minimum Gasteiger partial charge on any atom is -0.369 e. The average Bonchev–Trinajstić information content (AvgIpc) is 4.03. The second-order valence-electron chi connectivity index (χ2n) is 20.6. The Morgan fingerprint density at radius 1 is 0.836 bits per heavy atom. The third-order valence-electron chi connectivity index (χ3n) is 15.8. The van der Waals surface area contributed by atoms with Gasteiger partial charge in [0.1, 0.15) is 23.8 Å². The molecule has 5 aliphatic heterocycles. The van der Waals surface area contributed by atoms with Crippen LogP contribution in [0, 0.1) is 5.82 Å². The highest BCUT2D eigenvalue weighted by atomic mass is 19.3. The van der Waals surface area contributed by atoms with Crippen LogP contribution in [0.1, 0.15) is 105 Å². The zero-order valence-electron chi connectivity index (χ0n) is 42.5. The number of carbonyl (C=O) groups excluding carboxylic acids is 2. The Balaban J connectivity index is 0.666. The number of unbranched alkanes of at least 4 members (excludes halogenated alkanes) is 4. The first kappa shape index (κ1) is 50.2. The van der Waals surface area contributed by atoms with Crippen molar-refractivity contribution in [3.05, 3.63) is 89.4 Å². The summed E-state index contributed by atoms with van der Waals surface area (Å²) in [4.78, 5) is 48.6. The first-order chi connectivity index (χ1) is 35.6. The van der Waals surface area contributed by atoms with Crippen molar-refractivity contribution in [3.8, 4) is 11.1 Å². The van der Waals surface area contributed by atoms with Crippen molar-refractivity contribution < 1.29 is 22.8 Å². The van der Waals surface area contributed by atoms with E-state index in [0.29, 0.717) is 56.7 Å². The van der Waals surface area contributed by atoms with Gasteiger partial charge in [0.2, 0.25) is 5.91 Å². The Bertz CT molecular complexity index is 2700. The molecule has 3 aromatic heterocycles. The van der Waals surface area contributed by atoms with Gasteiger partial charge in [-0.1, -0.05) is 25.3 Å². The normalized spacial score (nSPS) is 18.8. The lowest BCUT2D eigenvalue weighted by Crippen LogP contribution is -2.47. The van der Waals surface area contributed by atoms with Crippen LogP contribution < -0.4 is 25.3 Å². The Labute approximate surface area is 426 Å². The molecule has 390 valence electrons. The molecule has 0 bridgehead atoms. The first-order valence-electron chi connectivity index (χ1n) is 26.7. The molecule has 5 aliphatic rings. The highest BCUT2D eigenvalue weighted by Gasteiger charge is 2.36. The maximum Gasteiger partial charge on any atom is 0.317 e. The average molecular weight is 1010 g/mol. The second-order valence-corrected chi connectivity index (χ2v) is 20.6. The van der Waals surface area contributed by atoms with Crippen LogP contribution in [-0.4, -0.2) is 141 Å². The number of anilines is 5. The van der Waals surface area contributed by atoms with E-state index in [1.54, 1.807) is 60.6 Å². The largest absolute Gasteiger partial charge is 0.369 e. The summed E-state index contributed by atoms with van der Waals surface area (Å²) in [5.41, 5.74) is 5.84. The molecule has 8 heterocycles. The Morgan fingerprint density at radius 3 is 2.44 bits per heavy atom. The highest BCUT2D eigenvalue weighted by Crippen LogP contribution is 2.44. The molecule has 0 saturated carbocycles. The van der Waals surface area contributed by atoms with Crippen molar-refractivity contribution in [2.24, 2.45) is 7.05 Å². The van der Waals surface area contributed by atoms with Crippen molar-refractivity contribution >= 4 is 40.8 Å². The number of alkyl halides is 2. The third kappa shape index (κ3) is 11.6. The fourth-order valence-corrected chi connectivity index (χ4v) is 11.8. The van der Waals surface area contributed by atoms with Gasteiger partial charge in [-0.05, 0) is 99.4 Å². The number of fused-ring (bicyclic) bond motifs is 2. The van der Waals surface area contributed by atoms with Crippen LogP contribution in [0.25, 0.3) is 11.1 Å². The number of benzene rings is 2. The summed E-state index contributed by atoms with van der Waals surface area (Å²) in [6.07, 6.45) is 14.2. The molecule has 73 heavy (non-hydrogen) atoms. The van der Waals surface area contributed by atoms with Gasteiger partial charge in [0.25, 0.3) is 6.43 Å². The minimum atomic E-state index is -2.68. The number of urea groups is 1. The third-order valence-corrected chi connectivity index (χ3v) is 15.8. The SMILES string of the molecule is CNC(=O)N1CCc2c(c(N3CCCc4cc(-c5cnn(C)c5)c(C(F)F)cc43)nn2C2CCN(C(=O)CCCCCCCN3CCN(c4cc(N[C@@H]5CCCN(c6cccc(F)c6)C5)ncn4)CC3)CC2)C1. The van der Waals surface area contributed by atoms with E-state index >= 15 is 0 Å². The highest BCUT2D eigenvalue weighted by molar-refractivity contribution is 5.78. The summed E-state index contributed by atoms with van der Waals surface area (Å²) in [6.45, 7) is 9.53. The molecule has 3 fully saturated rings. The number of carbonyl (C=O) groups is 2. The fraction of sp³-hybridized carbons (Fsp3) is 0.556. The van der Waals surface area contributed by atoms with Gasteiger partial charge in [-0.2, -0.15) is 10.2 Å². The Kier molecular flexibility index (Phi) is 15.7. The van der Waals surface area contributed by atoms with Gasteiger partial charge < -0.3 is 35.1 Å². The smallest absolute Gasteiger partial charge is 0.317 e. The summed E-state index contributed by atoms with van der Waals surface area (Å²) in [6, 6.07) is 12.6. The second kappa shape index (κ2) is 22.8. The number of nitrogens with one attached hydrogen (secondary N) is 2. The van der Waals surface area contributed by atoms with Gasteiger partial charge >= 0.3 is 6.03 Å². The summed E-state index contributed by atoms with van der Waals surface area (Å²) in [7, 11) is 3.42. The summed E-state index contributed by atoms with van der Waals surface area (Å²) in [5, 5.41) is 15.9. The molecule has 2 N–H and O–H groups in total. The number of aromatic nitrogens is 6. The molecule has 10 rings (SSSR count). The van der Waals surface area contributed by atoms with Gasteiger partial charge in [0.05, 0.1) is 18.8 Å². The standard InChI is InChI=1S/C54H71F3N14O2/c1-58-54(73)69-24-18-47-46(36-69)53(70-21-9-11-38-29-44(39-33-61-64(2)34-39)45(52(56)57)31-48(38)70)63-71(47)42-16-22-67(23-17-42)51(72)15-6-4-3-5-7-19-65-25-27-66(28-26-65)50-32-49(59-37-60-50)62-41-13-10-20-68(35-41)43-14-8-12-40(55)30-43/h8,12,14,29-34,37,41-42,52H,3-7,9-11,13,15-28,35-36H2,1-2H3,(H,58,73)(H,59,60,62)/t41-/m1/s1. The van der Waals surface area contributed by atoms with Crippen molar-refractivity contribution in [3.63, 3.8) is 0 Å².